The Bertz CT molecular complexity index is 783. The number of hydrogen-bond donors (Lipinski definition) is 2. The molecule has 0 bridgehead atoms. The number of carboxylic acids is 1. The van der Waals surface area contributed by atoms with Crippen LogP contribution in [0, 0.1) is 0 Å². The molecule has 0 saturated heterocycles. The van der Waals surface area contributed by atoms with Crippen LogP contribution >= 0.6 is 0 Å². The Hall–Kier alpha value is -2.56. The normalized spacial score (nSPS) is 11.3. The maximum Gasteiger partial charge on any atom is 0.339 e. The average molecular weight is 269 g/mol. The lowest BCUT2D eigenvalue weighted by molar-refractivity contribution is 0.0697. The van der Waals surface area contributed by atoms with E-state index < -0.39 is 5.97 Å². The summed E-state index contributed by atoms with van der Waals surface area (Å²) in [5.41, 5.74) is 2.52. The van der Waals surface area contributed by atoms with E-state index in [0.717, 1.165) is 16.5 Å². The van der Waals surface area contributed by atoms with Crippen LogP contribution in [0.5, 0.6) is 0 Å². The number of carbonyl (C=O) groups is 1. The number of nitrogens with zero attached hydrogens (tertiary/aromatic N) is 2. The summed E-state index contributed by atoms with van der Waals surface area (Å²) in [5, 5.41) is 14.8. The first kappa shape index (κ1) is 12.5. The molecule has 0 aliphatic heterocycles. The van der Waals surface area contributed by atoms with Gasteiger partial charge in [-0.2, -0.15) is 5.10 Å². The molecule has 0 aliphatic carbocycles. The van der Waals surface area contributed by atoms with Crippen LogP contribution < -0.4 is 0 Å². The minimum atomic E-state index is -0.961. The number of benzene rings is 1. The third-order valence-corrected chi connectivity index (χ3v) is 3.34. The van der Waals surface area contributed by atoms with Gasteiger partial charge < -0.3 is 10.1 Å². The second-order valence-electron chi connectivity index (χ2n) is 5.02. The lowest BCUT2D eigenvalue weighted by Crippen LogP contribution is -2.00. The number of nitrogens with one attached hydrogen (secondary N) is 1. The van der Waals surface area contributed by atoms with Crippen LogP contribution in [-0.2, 0) is 0 Å². The van der Waals surface area contributed by atoms with Gasteiger partial charge in [-0.15, -0.1) is 0 Å². The summed E-state index contributed by atoms with van der Waals surface area (Å²) in [6.07, 6.45) is 3.40. The molecule has 5 nitrogen and oxygen atoms in total. The molecule has 0 radical (unpaired) electrons. The van der Waals surface area contributed by atoms with Gasteiger partial charge in [0.2, 0.25) is 0 Å². The Labute approximate surface area is 115 Å². The van der Waals surface area contributed by atoms with Crippen LogP contribution in [0.25, 0.3) is 22.2 Å². The van der Waals surface area contributed by atoms with Gasteiger partial charge in [0.1, 0.15) is 11.3 Å². The lowest BCUT2D eigenvalue weighted by atomic mass is 10.1. The lowest BCUT2D eigenvalue weighted by Gasteiger charge is -2.03. The van der Waals surface area contributed by atoms with Crippen LogP contribution in [0.4, 0.5) is 0 Å². The summed E-state index contributed by atoms with van der Waals surface area (Å²) in [6.45, 7) is 3.94. The SMILES string of the molecule is CC(C)n1cc(C(=O)O)c(-c2c[nH]c3ccccc23)n1. The smallest absolute Gasteiger partial charge is 0.339 e. The van der Waals surface area contributed by atoms with Crippen LogP contribution in [0.2, 0.25) is 0 Å². The molecule has 1 aromatic carbocycles. The van der Waals surface area contributed by atoms with Crippen LogP contribution in [0.1, 0.15) is 30.2 Å². The van der Waals surface area contributed by atoms with E-state index >= 15 is 0 Å². The monoisotopic (exact) mass is 269 g/mol. The highest BCUT2D eigenvalue weighted by atomic mass is 16.4. The summed E-state index contributed by atoms with van der Waals surface area (Å²) in [4.78, 5) is 14.6. The number of aromatic amines is 1. The summed E-state index contributed by atoms with van der Waals surface area (Å²) in [5.74, 6) is -0.961. The number of fused-ring (bicyclic) bond motifs is 1. The fourth-order valence-corrected chi connectivity index (χ4v) is 2.28. The molecule has 102 valence electrons. The highest BCUT2D eigenvalue weighted by Crippen LogP contribution is 2.30. The van der Waals surface area contributed by atoms with Crippen LogP contribution in [0.15, 0.2) is 36.7 Å². The minimum Gasteiger partial charge on any atom is -0.478 e. The highest BCUT2D eigenvalue weighted by Gasteiger charge is 2.20. The van der Waals surface area contributed by atoms with Crippen molar-refractivity contribution in [3.63, 3.8) is 0 Å². The van der Waals surface area contributed by atoms with Crippen LogP contribution in [0.3, 0.4) is 0 Å². The summed E-state index contributed by atoms with van der Waals surface area (Å²) >= 11 is 0. The van der Waals surface area contributed by atoms with Crippen molar-refractivity contribution < 1.29 is 9.90 Å². The Kier molecular flexibility index (Phi) is 2.82. The van der Waals surface area contributed by atoms with Crippen molar-refractivity contribution in [1.29, 1.82) is 0 Å². The van der Waals surface area contributed by atoms with Gasteiger partial charge in [-0.3, -0.25) is 4.68 Å². The number of rotatable bonds is 3. The molecular weight excluding hydrogens is 254 g/mol. The van der Waals surface area contributed by atoms with Crippen LogP contribution in [-0.4, -0.2) is 25.8 Å². The van der Waals surface area contributed by atoms with Gasteiger partial charge in [0.25, 0.3) is 0 Å². The van der Waals surface area contributed by atoms with Crippen molar-refractivity contribution in [2.45, 2.75) is 19.9 Å². The van der Waals surface area contributed by atoms with E-state index in [0.29, 0.717) is 5.69 Å². The Morgan fingerprint density at radius 1 is 1.35 bits per heavy atom. The Balaban J connectivity index is 2.25. The number of aromatic carboxylic acids is 1. The molecule has 2 aromatic heterocycles. The third kappa shape index (κ3) is 1.87. The van der Waals surface area contributed by atoms with Gasteiger partial charge in [-0.25, -0.2) is 4.79 Å². The largest absolute Gasteiger partial charge is 0.478 e. The molecule has 0 atom stereocenters. The van der Waals surface area contributed by atoms with E-state index in [9.17, 15) is 9.90 Å². The molecule has 0 amide bonds. The van der Waals surface area contributed by atoms with E-state index in [1.807, 2.05) is 44.3 Å². The van der Waals surface area contributed by atoms with E-state index in [1.54, 1.807) is 10.9 Å². The number of carboxylic acid groups (broad SMARTS) is 1. The molecule has 0 spiro atoms. The van der Waals surface area contributed by atoms with E-state index in [2.05, 4.69) is 10.1 Å². The number of aromatic nitrogens is 3. The quantitative estimate of drug-likeness (QED) is 0.766. The zero-order chi connectivity index (χ0) is 14.3. The van der Waals surface area contributed by atoms with Gasteiger partial charge in [0.05, 0.1) is 0 Å². The third-order valence-electron chi connectivity index (χ3n) is 3.34. The first-order valence-electron chi connectivity index (χ1n) is 6.47. The maximum atomic E-state index is 11.4. The van der Waals surface area contributed by atoms with Gasteiger partial charge in [-0.1, -0.05) is 18.2 Å². The van der Waals surface area contributed by atoms with Crippen molar-refractivity contribution in [3.05, 3.63) is 42.2 Å². The molecule has 5 heteroatoms. The molecule has 0 fully saturated rings. The predicted octanol–water partition coefficient (Wildman–Crippen LogP) is 3.31. The van der Waals surface area contributed by atoms with Gasteiger partial charge in [0, 0.05) is 34.9 Å². The number of para-hydroxylation sites is 1. The molecule has 2 heterocycles. The topological polar surface area (TPSA) is 70.9 Å². The Morgan fingerprint density at radius 2 is 2.10 bits per heavy atom. The molecule has 0 aliphatic rings. The summed E-state index contributed by atoms with van der Waals surface area (Å²) < 4.78 is 1.68. The fraction of sp³-hybridized carbons (Fsp3) is 0.200. The molecule has 0 unspecified atom stereocenters. The van der Waals surface area contributed by atoms with Crippen molar-refractivity contribution in [2.24, 2.45) is 0 Å². The second kappa shape index (κ2) is 4.52. The van der Waals surface area contributed by atoms with Gasteiger partial charge in [0.15, 0.2) is 0 Å². The van der Waals surface area contributed by atoms with E-state index in [-0.39, 0.29) is 11.6 Å². The van der Waals surface area contributed by atoms with Crippen molar-refractivity contribution in [2.75, 3.05) is 0 Å². The maximum absolute atomic E-state index is 11.4. The molecular formula is C15H15N3O2. The minimum absolute atomic E-state index is 0.118. The second-order valence-corrected chi connectivity index (χ2v) is 5.02. The fourth-order valence-electron chi connectivity index (χ4n) is 2.28. The van der Waals surface area contributed by atoms with Crippen molar-refractivity contribution >= 4 is 16.9 Å². The van der Waals surface area contributed by atoms with E-state index in [1.165, 1.54) is 0 Å². The standard InChI is InChI=1S/C15H15N3O2/c1-9(2)18-8-12(15(19)20)14(17-18)11-7-16-13-6-4-3-5-10(11)13/h3-9,16H,1-2H3,(H,19,20). The summed E-state index contributed by atoms with van der Waals surface area (Å²) in [6, 6.07) is 7.90. The molecule has 2 N–H and O–H groups in total. The Morgan fingerprint density at radius 3 is 2.80 bits per heavy atom. The molecule has 20 heavy (non-hydrogen) atoms. The number of H-pyrrole nitrogens is 1. The van der Waals surface area contributed by atoms with Gasteiger partial charge in [-0.05, 0) is 19.9 Å². The predicted molar refractivity (Wildman–Crippen MR) is 76.9 cm³/mol. The zero-order valence-electron chi connectivity index (χ0n) is 11.3. The average Bonchev–Trinajstić information content (AvgIpc) is 3.02. The first-order chi connectivity index (χ1) is 9.58. The molecule has 3 aromatic rings. The van der Waals surface area contributed by atoms with Crippen molar-refractivity contribution in [3.8, 4) is 11.3 Å². The molecule has 0 saturated carbocycles. The van der Waals surface area contributed by atoms with E-state index in [4.69, 9.17) is 0 Å². The zero-order valence-corrected chi connectivity index (χ0v) is 11.3. The summed E-state index contributed by atoms with van der Waals surface area (Å²) in [7, 11) is 0. The van der Waals surface area contributed by atoms with Gasteiger partial charge >= 0.3 is 5.97 Å². The van der Waals surface area contributed by atoms with Crippen molar-refractivity contribution in [1.82, 2.24) is 14.8 Å². The highest BCUT2D eigenvalue weighted by molar-refractivity contribution is 6.01. The first-order valence-corrected chi connectivity index (χ1v) is 6.47. The number of hydrogen-bond acceptors (Lipinski definition) is 2. The molecule has 3 rings (SSSR count).